The van der Waals surface area contributed by atoms with E-state index in [9.17, 15) is 4.79 Å². The van der Waals surface area contributed by atoms with Crippen molar-refractivity contribution in [1.29, 1.82) is 0 Å². The molecule has 148 valence electrons. The number of ether oxygens (including phenoxy) is 1. The van der Waals surface area contributed by atoms with Crippen molar-refractivity contribution in [3.05, 3.63) is 76.1 Å². The Morgan fingerprint density at radius 1 is 1.10 bits per heavy atom. The van der Waals surface area contributed by atoms with Gasteiger partial charge in [-0.25, -0.2) is 9.78 Å². The van der Waals surface area contributed by atoms with Gasteiger partial charge in [-0.3, -0.25) is 5.32 Å². The number of hydrogen-bond donors (Lipinski definition) is 2. The van der Waals surface area contributed by atoms with Gasteiger partial charge in [0.1, 0.15) is 10.5 Å². The minimum absolute atomic E-state index is 0.412. The molecule has 0 saturated carbocycles. The largest absolute Gasteiger partial charge is 0.444 e. The summed E-state index contributed by atoms with van der Waals surface area (Å²) < 4.78 is 5.27. The molecule has 0 aliphatic rings. The Bertz CT molecular complexity index is 1030. The quantitative estimate of drug-likeness (QED) is 0.563. The predicted octanol–water partition coefficient (Wildman–Crippen LogP) is 5.50. The molecule has 0 spiro atoms. The first kappa shape index (κ1) is 20.4. The first-order chi connectivity index (χ1) is 13.9. The summed E-state index contributed by atoms with van der Waals surface area (Å²) in [4.78, 5) is 16.8. The Labute approximate surface area is 175 Å². The van der Waals surface area contributed by atoms with Crippen LogP contribution in [0.4, 0.5) is 16.3 Å². The Kier molecular flexibility index (Phi) is 6.53. The second-order valence-corrected chi connectivity index (χ2v) is 8.18. The first-order valence-corrected chi connectivity index (χ1v) is 10.1. The Morgan fingerprint density at radius 3 is 2.66 bits per heavy atom. The van der Waals surface area contributed by atoms with Crippen LogP contribution in [0.15, 0.2) is 60.1 Å². The SMILES string of the molecule is CC(C)(C)OC(=O)Nc1ncsc1C#Cc1cccc(NCc2ccccc2)c1. The normalized spacial score (nSPS) is 10.6. The number of nitrogens with zero attached hydrogens (tertiary/aromatic N) is 1. The number of benzene rings is 2. The molecular weight excluding hydrogens is 382 g/mol. The molecule has 0 aliphatic heterocycles. The van der Waals surface area contributed by atoms with Crippen LogP contribution in [0.25, 0.3) is 0 Å². The summed E-state index contributed by atoms with van der Waals surface area (Å²) in [6.45, 7) is 6.18. The summed E-state index contributed by atoms with van der Waals surface area (Å²) in [5.74, 6) is 6.63. The molecule has 0 radical (unpaired) electrons. The van der Waals surface area contributed by atoms with E-state index in [4.69, 9.17) is 4.74 Å². The van der Waals surface area contributed by atoms with E-state index < -0.39 is 11.7 Å². The van der Waals surface area contributed by atoms with Crippen LogP contribution in [0.2, 0.25) is 0 Å². The molecule has 5 nitrogen and oxygen atoms in total. The van der Waals surface area contributed by atoms with Gasteiger partial charge >= 0.3 is 6.09 Å². The standard InChI is InChI=1S/C23H23N3O2S/c1-23(2,3)28-22(27)26-21-20(29-16-25-21)13-12-17-10-7-11-19(14-17)24-15-18-8-5-4-6-9-18/h4-11,14,16,24H,15H2,1-3H3,(H,26,27). The third kappa shape index (κ3) is 6.66. The summed E-state index contributed by atoms with van der Waals surface area (Å²) in [6, 6.07) is 18.1. The number of rotatable bonds is 4. The van der Waals surface area contributed by atoms with Crippen LogP contribution >= 0.6 is 11.3 Å². The Hall–Kier alpha value is -3.30. The zero-order chi connectivity index (χ0) is 20.7. The van der Waals surface area contributed by atoms with Crippen LogP contribution in [-0.4, -0.2) is 16.7 Å². The fourth-order valence-electron chi connectivity index (χ4n) is 2.46. The topological polar surface area (TPSA) is 63.2 Å². The van der Waals surface area contributed by atoms with E-state index in [2.05, 4.69) is 39.6 Å². The molecule has 3 rings (SSSR count). The lowest BCUT2D eigenvalue weighted by Gasteiger charge is -2.19. The highest BCUT2D eigenvalue weighted by Gasteiger charge is 2.17. The summed E-state index contributed by atoms with van der Waals surface area (Å²) in [5, 5.41) is 6.06. The van der Waals surface area contributed by atoms with Gasteiger partial charge in [0.2, 0.25) is 0 Å². The van der Waals surface area contributed by atoms with Gasteiger partial charge < -0.3 is 10.1 Å². The van der Waals surface area contributed by atoms with Gasteiger partial charge in [-0.2, -0.15) is 0 Å². The van der Waals surface area contributed by atoms with Gasteiger partial charge in [0.05, 0.1) is 5.51 Å². The lowest BCUT2D eigenvalue weighted by Crippen LogP contribution is -2.27. The molecule has 0 atom stereocenters. The van der Waals surface area contributed by atoms with Gasteiger partial charge in [0, 0.05) is 17.8 Å². The van der Waals surface area contributed by atoms with Gasteiger partial charge in [-0.1, -0.05) is 42.3 Å². The van der Waals surface area contributed by atoms with Crippen molar-refractivity contribution in [2.45, 2.75) is 32.9 Å². The molecule has 29 heavy (non-hydrogen) atoms. The second kappa shape index (κ2) is 9.26. The third-order valence-corrected chi connectivity index (χ3v) is 4.45. The van der Waals surface area contributed by atoms with E-state index in [1.807, 2.05) is 63.2 Å². The van der Waals surface area contributed by atoms with Gasteiger partial charge in [0.15, 0.2) is 5.82 Å². The lowest BCUT2D eigenvalue weighted by atomic mass is 10.2. The van der Waals surface area contributed by atoms with Gasteiger partial charge in [0.25, 0.3) is 0 Å². The van der Waals surface area contributed by atoms with E-state index in [1.54, 1.807) is 5.51 Å². The molecule has 1 amide bonds. The maximum atomic E-state index is 12.0. The van der Waals surface area contributed by atoms with E-state index in [0.29, 0.717) is 10.7 Å². The molecule has 1 heterocycles. The molecule has 2 aromatic carbocycles. The van der Waals surface area contributed by atoms with Crippen LogP contribution in [0.5, 0.6) is 0 Å². The number of amides is 1. The fraction of sp³-hybridized carbons (Fsp3) is 0.217. The molecule has 0 aliphatic carbocycles. The second-order valence-electron chi connectivity index (χ2n) is 7.33. The van der Waals surface area contributed by atoms with E-state index in [1.165, 1.54) is 16.9 Å². The van der Waals surface area contributed by atoms with Crippen molar-refractivity contribution >= 4 is 28.9 Å². The van der Waals surface area contributed by atoms with E-state index >= 15 is 0 Å². The monoisotopic (exact) mass is 405 g/mol. The number of carbonyl (C=O) groups is 1. The van der Waals surface area contributed by atoms with Crippen molar-refractivity contribution in [1.82, 2.24) is 4.98 Å². The number of carbonyl (C=O) groups excluding carboxylic acids is 1. The van der Waals surface area contributed by atoms with Crippen LogP contribution < -0.4 is 10.6 Å². The van der Waals surface area contributed by atoms with Crippen molar-refractivity contribution in [3.8, 4) is 11.8 Å². The smallest absolute Gasteiger partial charge is 0.413 e. The molecule has 0 bridgehead atoms. The zero-order valence-corrected chi connectivity index (χ0v) is 17.5. The molecule has 0 saturated heterocycles. The summed E-state index contributed by atoms with van der Waals surface area (Å²) in [6.07, 6.45) is -0.543. The van der Waals surface area contributed by atoms with Crippen LogP contribution in [0.1, 0.15) is 36.8 Å². The molecule has 6 heteroatoms. The zero-order valence-electron chi connectivity index (χ0n) is 16.7. The number of nitrogens with one attached hydrogen (secondary N) is 2. The van der Waals surface area contributed by atoms with E-state index in [-0.39, 0.29) is 0 Å². The van der Waals surface area contributed by atoms with Gasteiger partial charge in [-0.05, 0) is 50.5 Å². The molecule has 1 aromatic heterocycles. The predicted molar refractivity (Wildman–Crippen MR) is 118 cm³/mol. The molecule has 3 aromatic rings. The number of anilines is 2. The lowest BCUT2D eigenvalue weighted by molar-refractivity contribution is 0.0635. The molecule has 0 fully saturated rings. The minimum atomic E-state index is -0.570. The van der Waals surface area contributed by atoms with Crippen molar-refractivity contribution in [2.75, 3.05) is 10.6 Å². The van der Waals surface area contributed by atoms with Crippen molar-refractivity contribution < 1.29 is 9.53 Å². The van der Waals surface area contributed by atoms with Crippen LogP contribution in [0, 0.1) is 11.8 Å². The summed E-state index contributed by atoms with van der Waals surface area (Å²) >= 11 is 1.37. The molecule has 2 N–H and O–H groups in total. The van der Waals surface area contributed by atoms with Crippen LogP contribution in [-0.2, 0) is 11.3 Å². The molecule has 0 unspecified atom stereocenters. The van der Waals surface area contributed by atoms with E-state index in [0.717, 1.165) is 17.8 Å². The number of aromatic nitrogens is 1. The highest BCUT2D eigenvalue weighted by molar-refractivity contribution is 7.10. The average Bonchev–Trinajstić information content (AvgIpc) is 3.11. The third-order valence-electron chi connectivity index (χ3n) is 3.71. The van der Waals surface area contributed by atoms with Crippen molar-refractivity contribution in [2.24, 2.45) is 0 Å². The molecular formula is C23H23N3O2S. The summed E-state index contributed by atoms with van der Waals surface area (Å²) in [5.41, 5.74) is 4.16. The number of hydrogen-bond acceptors (Lipinski definition) is 5. The van der Waals surface area contributed by atoms with Crippen LogP contribution in [0.3, 0.4) is 0 Å². The fourth-order valence-corrected chi connectivity index (χ4v) is 3.05. The van der Waals surface area contributed by atoms with Crippen molar-refractivity contribution in [3.63, 3.8) is 0 Å². The highest BCUT2D eigenvalue weighted by atomic mass is 32.1. The first-order valence-electron chi connectivity index (χ1n) is 9.22. The number of thiazole rings is 1. The Balaban J connectivity index is 1.66. The maximum absolute atomic E-state index is 12.0. The highest BCUT2D eigenvalue weighted by Crippen LogP contribution is 2.19. The average molecular weight is 406 g/mol. The summed E-state index contributed by atoms with van der Waals surface area (Å²) in [7, 11) is 0. The van der Waals surface area contributed by atoms with Gasteiger partial charge in [-0.15, -0.1) is 11.3 Å². The minimum Gasteiger partial charge on any atom is -0.444 e. The Morgan fingerprint density at radius 2 is 1.90 bits per heavy atom. The maximum Gasteiger partial charge on any atom is 0.413 e.